The van der Waals surface area contributed by atoms with Crippen molar-refractivity contribution in [3.05, 3.63) is 10.4 Å². The number of rotatable bonds is 6. The van der Waals surface area contributed by atoms with E-state index < -0.39 is 0 Å². The molecule has 0 unspecified atom stereocenters. The highest BCUT2D eigenvalue weighted by atomic mass is 32.2. The molecule has 9 heteroatoms. The van der Waals surface area contributed by atoms with E-state index in [4.69, 9.17) is 9.72 Å². The van der Waals surface area contributed by atoms with Gasteiger partial charge in [0.25, 0.3) is 0 Å². The van der Waals surface area contributed by atoms with Gasteiger partial charge >= 0.3 is 5.97 Å². The molecule has 3 aromatic heterocycles. The van der Waals surface area contributed by atoms with Crippen LogP contribution in [0.15, 0.2) is 10.3 Å². The summed E-state index contributed by atoms with van der Waals surface area (Å²) in [5, 5.41) is 11.7. The molecule has 0 spiro atoms. The van der Waals surface area contributed by atoms with Crippen LogP contribution in [0.5, 0.6) is 0 Å². The highest BCUT2D eigenvalue weighted by Gasteiger charge is 2.27. The molecule has 0 aromatic carbocycles. The summed E-state index contributed by atoms with van der Waals surface area (Å²) in [6, 6.07) is 0. The number of hydrogen-bond donors (Lipinski definition) is 0. The fourth-order valence-corrected chi connectivity index (χ4v) is 6.55. The Morgan fingerprint density at radius 2 is 2.19 bits per heavy atom. The molecule has 1 aliphatic rings. The zero-order chi connectivity index (χ0) is 19.0. The van der Waals surface area contributed by atoms with E-state index in [0.717, 1.165) is 39.6 Å². The molecule has 1 aliphatic carbocycles. The first-order valence-electron chi connectivity index (χ1n) is 9.16. The van der Waals surface area contributed by atoms with Gasteiger partial charge in [-0.2, -0.15) is 0 Å². The molecule has 6 nitrogen and oxygen atoms in total. The molecule has 27 heavy (non-hydrogen) atoms. The van der Waals surface area contributed by atoms with Crippen molar-refractivity contribution in [1.82, 2.24) is 19.6 Å². The third kappa shape index (κ3) is 3.45. The Labute approximate surface area is 170 Å². The number of ether oxygens (including phenoxy) is 1. The van der Waals surface area contributed by atoms with Crippen LogP contribution >= 0.6 is 34.9 Å². The molecule has 4 rings (SSSR count). The Hall–Kier alpha value is -1.32. The average Bonchev–Trinajstić information content (AvgIpc) is 3.25. The number of hydrogen-bond acceptors (Lipinski definition) is 8. The molecule has 0 saturated heterocycles. The van der Waals surface area contributed by atoms with Gasteiger partial charge in [-0.05, 0) is 37.2 Å². The molecule has 1 atom stereocenters. The molecular weight excluding hydrogens is 400 g/mol. The number of methoxy groups -OCH3 is 1. The second-order valence-electron chi connectivity index (χ2n) is 6.66. The first-order valence-corrected chi connectivity index (χ1v) is 12.0. The van der Waals surface area contributed by atoms with Crippen molar-refractivity contribution in [2.24, 2.45) is 0 Å². The lowest BCUT2D eigenvalue weighted by Crippen LogP contribution is -2.06. The summed E-state index contributed by atoms with van der Waals surface area (Å²) in [6.07, 6.45) is 4.63. The van der Waals surface area contributed by atoms with Crippen LogP contribution in [0, 0.1) is 0 Å². The van der Waals surface area contributed by atoms with Crippen LogP contribution in [0.2, 0.25) is 0 Å². The monoisotopic (exact) mass is 422 g/mol. The molecule has 0 bridgehead atoms. The number of thiophene rings is 1. The summed E-state index contributed by atoms with van der Waals surface area (Å²) in [4.78, 5) is 19.1. The van der Waals surface area contributed by atoms with Gasteiger partial charge in [-0.25, -0.2) is 9.38 Å². The van der Waals surface area contributed by atoms with Gasteiger partial charge in [0, 0.05) is 10.6 Å². The minimum Gasteiger partial charge on any atom is -0.468 e. The summed E-state index contributed by atoms with van der Waals surface area (Å²) in [5.41, 5.74) is 2.28. The lowest BCUT2D eigenvalue weighted by Gasteiger charge is -2.18. The number of aromatic nitrogens is 4. The zero-order valence-electron chi connectivity index (χ0n) is 15.7. The minimum atomic E-state index is -0.268. The molecule has 3 heterocycles. The first kappa shape index (κ1) is 19.0. The summed E-state index contributed by atoms with van der Waals surface area (Å²) in [6.45, 7) is 4.46. The van der Waals surface area contributed by atoms with Crippen LogP contribution in [-0.2, 0) is 16.0 Å². The van der Waals surface area contributed by atoms with E-state index >= 15 is 0 Å². The number of fused-ring (bicyclic) bond motifs is 5. The number of aryl methyl sites for hydroxylation is 1. The molecule has 0 amide bonds. The van der Waals surface area contributed by atoms with Gasteiger partial charge in [-0.15, -0.1) is 21.5 Å². The van der Waals surface area contributed by atoms with E-state index in [-0.39, 0.29) is 11.7 Å². The van der Waals surface area contributed by atoms with Crippen molar-refractivity contribution in [2.75, 3.05) is 18.6 Å². The van der Waals surface area contributed by atoms with Crippen molar-refractivity contribution in [1.29, 1.82) is 0 Å². The number of carbonyl (C=O) groups excluding carboxylic acids is 1. The van der Waals surface area contributed by atoms with Gasteiger partial charge in [-0.3, -0.25) is 4.79 Å². The average molecular weight is 423 g/mol. The quantitative estimate of drug-likeness (QED) is 0.328. The topological polar surface area (TPSA) is 69.4 Å². The Morgan fingerprint density at radius 1 is 1.33 bits per heavy atom. The normalized spacial score (nSPS) is 16.8. The number of carbonyl (C=O) groups is 1. The Balaban J connectivity index is 1.90. The molecule has 0 fully saturated rings. The largest absolute Gasteiger partial charge is 0.468 e. The van der Waals surface area contributed by atoms with E-state index in [1.165, 1.54) is 42.2 Å². The Kier molecular flexibility index (Phi) is 5.61. The summed E-state index contributed by atoms with van der Waals surface area (Å²) in [7, 11) is 1.40. The van der Waals surface area contributed by atoms with E-state index in [9.17, 15) is 4.79 Å². The van der Waals surface area contributed by atoms with E-state index in [1.54, 1.807) is 11.8 Å². The Bertz CT molecular complexity index is 998. The Morgan fingerprint density at radius 3 is 2.96 bits per heavy atom. The molecule has 144 valence electrons. The van der Waals surface area contributed by atoms with Gasteiger partial charge in [0.05, 0.1) is 18.2 Å². The van der Waals surface area contributed by atoms with Gasteiger partial charge in [0.15, 0.2) is 16.0 Å². The van der Waals surface area contributed by atoms with Crippen LogP contribution in [0.1, 0.15) is 49.5 Å². The highest BCUT2D eigenvalue weighted by Crippen LogP contribution is 2.44. The zero-order valence-corrected chi connectivity index (χ0v) is 18.1. The van der Waals surface area contributed by atoms with Crippen LogP contribution in [0.3, 0.4) is 0 Å². The third-order valence-corrected chi connectivity index (χ3v) is 7.97. The number of thioether (sulfide) groups is 2. The van der Waals surface area contributed by atoms with Crippen molar-refractivity contribution in [2.45, 2.75) is 55.8 Å². The van der Waals surface area contributed by atoms with Crippen LogP contribution < -0.4 is 0 Å². The first-order chi connectivity index (χ1) is 13.1. The van der Waals surface area contributed by atoms with Gasteiger partial charge in [0.2, 0.25) is 0 Å². The van der Waals surface area contributed by atoms with Crippen molar-refractivity contribution >= 4 is 56.7 Å². The summed E-state index contributed by atoms with van der Waals surface area (Å²) < 4.78 is 6.80. The van der Waals surface area contributed by atoms with Crippen molar-refractivity contribution in [3.8, 4) is 0 Å². The number of esters is 1. The highest BCUT2D eigenvalue weighted by molar-refractivity contribution is 8.00. The second kappa shape index (κ2) is 7.97. The maximum atomic E-state index is 11.6. The maximum Gasteiger partial charge on any atom is 0.316 e. The lowest BCUT2D eigenvalue weighted by molar-refractivity contribution is -0.137. The molecule has 0 radical (unpaired) electrons. The van der Waals surface area contributed by atoms with E-state index in [1.807, 2.05) is 15.7 Å². The lowest BCUT2D eigenvalue weighted by atomic mass is 9.87. The minimum absolute atomic E-state index is 0.214. The smallest absolute Gasteiger partial charge is 0.316 e. The standard InChI is InChI=1S/C18H22N4O2S3/c1-4-8-25-17-19-16-14(13-10(2)6-5-7-11(13)27-16)15-20-21-18(22(15)17)26-9-12(23)24-3/h10H,4-9H2,1-3H3/t10-/m1/s1. The predicted molar refractivity (Wildman–Crippen MR) is 111 cm³/mol. The summed E-state index contributed by atoms with van der Waals surface area (Å²) in [5.74, 6) is 1.44. The van der Waals surface area contributed by atoms with Gasteiger partial charge in [0.1, 0.15) is 4.83 Å². The fourth-order valence-electron chi connectivity index (χ4n) is 3.50. The number of nitrogens with zero attached hydrogens (tertiary/aromatic N) is 4. The summed E-state index contributed by atoms with van der Waals surface area (Å²) >= 11 is 4.88. The molecule has 0 aliphatic heterocycles. The molecule has 0 saturated carbocycles. The SMILES string of the molecule is CCCSc1nc2sc3c(c2c2nnc(SCC(=O)OC)n12)[C@H](C)CCC3. The molecule has 3 aromatic rings. The third-order valence-electron chi connectivity index (χ3n) is 4.76. The van der Waals surface area contributed by atoms with Crippen molar-refractivity contribution in [3.63, 3.8) is 0 Å². The van der Waals surface area contributed by atoms with Crippen LogP contribution in [0.25, 0.3) is 15.9 Å². The maximum absolute atomic E-state index is 11.6. The van der Waals surface area contributed by atoms with Crippen molar-refractivity contribution < 1.29 is 9.53 Å². The fraction of sp³-hybridized carbons (Fsp3) is 0.556. The predicted octanol–water partition coefficient (Wildman–Crippen LogP) is 4.55. The van der Waals surface area contributed by atoms with Gasteiger partial charge in [-0.1, -0.05) is 37.4 Å². The molecular formula is C18H22N4O2S3. The van der Waals surface area contributed by atoms with Crippen LogP contribution in [0.4, 0.5) is 0 Å². The second-order valence-corrected chi connectivity index (χ2v) is 9.75. The van der Waals surface area contributed by atoms with E-state index in [2.05, 4.69) is 24.0 Å². The molecule has 0 N–H and O–H groups in total. The van der Waals surface area contributed by atoms with E-state index in [0.29, 0.717) is 11.1 Å². The van der Waals surface area contributed by atoms with Gasteiger partial charge < -0.3 is 4.74 Å². The van der Waals surface area contributed by atoms with Crippen LogP contribution in [-0.4, -0.2) is 44.2 Å².